The van der Waals surface area contributed by atoms with Crippen LogP contribution in [0.1, 0.15) is 37.5 Å². The molecule has 1 aromatic heterocycles. The molecular weight excluding hydrogens is 280 g/mol. The van der Waals surface area contributed by atoms with Gasteiger partial charge in [-0.15, -0.1) is 11.3 Å². The van der Waals surface area contributed by atoms with Crippen molar-refractivity contribution in [1.29, 1.82) is 0 Å². The molecule has 0 amide bonds. The third-order valence-electron chi connectivity index (χ3n) is 3.62. The highest BCUT2D eigenvalue weighted by Crippen LogP contribution is 2.30. The molecule has 2 heterocycles. The summed E-state index contributed by atoms with van der Waals surface area (Å²) in [5, 5.41) is 0. The van der Waals surface area contributed by atoms with Crippen LogP contribution in [-0.4, -0.2) is 31.9 Å². The van der Waals surface area contributed by atoms with Crippen LogP contribution in [0.3, 0.4) is 0 Å². The molecule has 0 aliphatic carbocycles. The van der Waals surface area contributed by atoms with E-state index in [1.165, 1.54) is 11.3 Å². The van der Waals surface area contributed by atoms with Crippen LogP contribution in [0.4, 0.5) is 0 Å². The molecule has 0 saturated carbocycles. The van der Waals surface area contributed by atoms with Gasteiger partial charge < -0.3 is 5.73 Å². The summed E-state index contributed by atoms with van der Waals surface area (Å²) in [6, 6.07) is 3.74. The minimum absolute atomic E-state index is 0.0796. The number of piperidine rings is 1. The van der Waals surface area contributed by atoms with E-state index in [1.807, 2.05) is 13.0 Å². The minimum Gasteiger partial charge on any atom is -0.330 e. The monoisotopic (exact) mass is 302 g/mol. The fourth-order valence-corrected chi connectivity index (χ4v) is 5.72. The van der Waals surface area contributed by atoms with E-state index in [2.05, 4.69) is 0 Å². The van der Waals surface area contributed by atoms with Crippen LogP contribution in [0.2, 0.25) is 0 Å². The summed E-state index contributed by atoms with van der Waals surface area (Å²) in [4.78, 5) is 1.12. The molecule has 108 valence electrons. The molecule has 1 aliphatic heterocycles. The van der Waals surface area contributed by atoms with E-state index in [-0.39, 0.29) is 6.04 Å². The molecule has 0 aromatic carbocycles. The summed E-state index contributed by atoms with van der Waals surface area (Å²) in [7, 11) is -3.33. The summed E-state index contributed by atoms with van der Waals surface area (Å²) in [6.45, 7) is 3.22. The molecule has 2 rings (SSSR count). The fraction of sp³-hybridized carbons (Fsp3) is 0.692. The Labute approximate surface area is 119 Å². The van der Waals surface area contributed by atoms with Crippen molar-refractivity contribution in [2.45, 2.75) is 49.3 Å². The van der Waals surface area contributed by atoms with Gasteiger partial charge in [-0.25, -0.2) is 8.42 Å². The lowest BCUT2D eigenvalue weighted by atomic mass is 10.0. The highest BCUT2D eigenvalue weighted by atomic mass is 32.2. The van der Waals surface area contributed by atoms with Gasteiger partial charge in [-0.1, -0.05) is 13.3 Å². The van der Waals surface area contributed by atoms with Crippen LogP contribution in [0.25, 0.3) is 0 Å². The van der Waals surface area contributed by atoms with E-state index in [9.17, 15) is 8.42 Å². The zero-order valence-corrected chi connectivity index (χ0v) is 13.0. The molecule has 1 atom stereocenters. The van der Waals surface area contributed by atoms with Gasteiger partial charge in [-0.3, -0.25) is 0 Å². The lowest BCUT2D eigenvalue weighted by Crippen LogP contribution is -2.44. The quantitative estimate of drug-likeness (QED) is 0.907. The average molecular weight is 302 g/mol. The molecule has 1 fully saturated rings. The maximum Gasteiger partial charge on any atom is 0.252 e. The molecule has 2 N–H and O–H groups in total. The van der Waals surface area contributed by atoms with E-state index in [4.69, 9.17) is 5.73 Å². The van der Waals surface area contributed by atoms with Crippen LogP contribution in [0.5, 0.6) is 0 Å². The predicted molar refractivity (Wildman–Crippen MR) is 78.9 cm³/mol. The molecule has 0 spiro atoms. The Bertz CT molecular complexity index is 508. The van der Waals surface area contributed by atoms with Crippen LogP contribution in [0.15, 0.2) is 16.3 Å². The van der Waals surface area contributed by atoms with Crippen LogP contribution in [0, 0.1) is 0 Å². The third kappa shape index (κ3) is 3.18. The smallest absolute Gasteiger partial charge is 0.252 e. The van der Waals surface area contributed by atoms with Crippen molar-refractivity contribution in [1.82, 2.24) is 4.31 Å². The van der Waals surface area contributed by atoms with Crippen LogP contribution < -0.4 is 5.73 Å². The Morgan fingerprint density at radius 1 is 1.42 bits per heavy atom. The van der Waals surface area contributed by atoms with Crippen LogP contribution >= 0.6 is 11.3 Å². The predicted octanol–water partition coefficient (Wildman–Crippen LogP) is 2.20. The first-order valence-corrected chi connectivity index (χ1v) is 9.16. The third-order valence-corrected chi connectivity index (χ3v) is 7.27. The van der Waals surface area contributed by atoms with Gasteiger partial charge in [0.15, 0.2) is 0 Å². The maximum absolute atomic E-state index is 12.7. The molecule has 0 bridgehead atoms. The summed E-state index contributed by atoms with van der Waals surface area (Å²) in [5.41, 5.74) is 5.61. The normalized spacial score (nSPS) is 21.7. The summed E-state index contributed by atoms with van der Waals surface area (Å²) < 4.78 is 27.5. The Kier molecular flexibility index (Phi) is 5.00. The summed E-state index contributed by atoms with van der Waals surface area (Å²) in [6.07, 6.45) is 4.62. The molecule has 6 heteroatoms. The van der Waals surface area contributed by atoms with Gasteiger partial charge in [-0.05, 0) is 44.4 Å². The molecule has 1 aromatic rings. The van der Waals surface area contributed by atoms with Crippen molar-refractivity contribution < 1.29 is 8.42 Å². The van der Waals surface area contributed by atoms with Crippen molar-refractivity contribution in [2.75, 3.05) is 13.1 Å². The fourth-order valence-electron chi connectivity index (χ4n) is 2.57. The molecule has 1 saturated heterocycles. The van der Waals surface area contributed by atoms with Crippen molar-refractivity contribution in [3.63, 3.8) is 0 Å². The van der Waals surface area contributed by atoms with Gasteiger partial charge in [-0.2, -0.15) is 4.31 Å². The van der Waals surface area contributed by atoms with E-state index in [0.717, 1.165) is 37.0 Å². The number of rotatable bonds is 5. The molecule has 1 aliphatic rings. The number of hydrogen-bond donors (Lipinski definition) is 1. The zero-order valence-electron chi connectivity index (χ0n) is 11.3. The number of hydrogen-bond acceptors (Lipinski definition) is 4. The van der Waals surface area contributed by atoms with Gasteiger partial charge in [0.2, 0.25) is 0 Å². The van der Waals surface area contributed by atoms with Gasteiger partial charge in [0.1, 0.15) is 4.21 Å². The molecule has 1 unspecified atom stereocenters. The second-order valence-electron chi connectivity index (χ2n) is 4.92. The first-order valence-electron chi connectivity index (χ1n) is 6.90. The number of sulfonamides is 1. The number of thiophene rings is 1. The van der Waals surface area contributed by atoms with E-state index >= 15 is 0 Å². The molecule has 4 nitrogen and oxygen atoms in total. The van der Waals surface area contributed by atoms with Crippen LogP contribution in [-0.2, 0) is 16.4 Å². The Balaban J connectivity index is 2.25. The number of nitrogens with two attached hydrogens (primary N) is 1. The summed E-state index contributed by atoms with van der Waals surface area (Å²) >= 11 is 1.39. The first kappa shape index (κ1) is 15.0. The standard InChI is InChI=1S/C13H22N2O2S2/c1-2-12-6-7-13(18-12)19(16,17)15-10-4-3-5-11(15)8-9-14/h6-7,11H,2-5,8-10,14H2,1H3. The average Bonchev–Trinajstić information content (AvgIpc) is 2.89. The van der Waals surface area contributed by atoms with Crippen molar-refractivity contribution in [3.05, 3.63) is 17.0 Å². The number of aryl methyl sites for hydroxylation is 1. The van der Waals surface area contributed by atoms with Crippen molar-refractivity contribution in [3.8, 4) is 0 Å². The van der Waals surface area contributed by atoms with E-state index < -0.39 is 10.0 Å². The van der Waals surface area contributed by atoms with Crippen molar-refractivity contribution >= 4 is 21.4 Å². The lowest BCUT2D eigenvalue weighted by Gasteiger charge is -2.34. The Hall–Kier alpha value is -0.430. The van der Waals surface area contributed by atoms with E-state index in [1.54, 1.807) is 10.4 Å². The number of nitrogens with zero attached hydrogens (tertiary/aromatic N) is 1. The second-order valence-corrected chi connectivity index (χ2v) is 8.20. The molecular formula is C13H22N2O2S2. The lowest BCUT2D eigenvalue weighted by molar-refractivity contribution is 0.243. The van der Waals surface area contributed by atoms with Gasteiger partial charge in [0.25, 0.3) is 10.0 Å². The minimum atomic E-state index is -3.33. The van der Waals surface area contributed by atoms with Gasteiger partial charge >= 0.3 is 0 Å². The molecule has 19 heavy (non-hydrogen) atoms. The topological polar surface area (TPSA) is 63.4 Å². The van der Waals surface area contributed by atoms with E-state index in [0.29, 0.717) is 17.3 Å². The maximum atomic E-state index is 12.7. The highest BCUT2D eigenvalue weighted by molar-refractivity contribution is 7.91. The first-order chi connectivity index (χ1) is 9.09. The van der Waals surface area contributed by atoms with Gasteiger partial charge in [0, 0.05) is 17.5 Å². The molecule has 0 radical (unpaired) electrons. The Morgan fingerprint density at radius 2 is 2.21 bits per heavy atom. The highest BCUT2D eigenvalue weighted by Gasteiger charge is 2.33. The zero-order chi connectivity index (χ0) is 13.9. The second kappa shape index (κ2) is 6.35. The SMILES string of the molecule is CCc1ccc(S(=O)(=O)N2CCCCC2CCN)s1. The van der Waals surface area contributed by atoms with Gasteiger partial charge in [0.05, 0.1) is 0 Å². The Morgan fingerprint density at radius 3 is 2.84 bits per heavy atom. The van der Waals surface area contributed by atoms with Crippen molar-refractivity contribution in [2.24, 2.45) is 5.73 Å². The largest absolute Gasteiger partial charge is 0.330 e. The summed E-state index contributed by atoms with van der Waals surface area (Å²) in [5.74, 6) is 0.